The summed E-state index contributed by atoms with van der Waals surface area (Å²) in [6.45, 7) is 0.867. The van der Waals surface area contributed by atoms with Crippen molar-refractivity contribution in [3.8, 4) is 6.07 Å². The zero-order valence-corrected chi connectivity index (χ0v) is 19.0. The number of allylic oxidation sites excluding steroid dienone is 1. The first-order chi connectivity index (χ1) is 16.3. The molecule has 1 aromatic carbocycles. The van der Waals surface area contributed by atoms with E-state index in [1.54, 1.807) is 12.1 Å². The van der Waals surface area contributed by atoms with Crippen LogP contribution in [0.2, 0.25) is 0 Å². The largest absolute Gasteiger partial charge is 0.343 e. The number of amides is 2. The highest BCUT2D eigenvalue weighted by Gasteiger charge is 2.47. The lowest BCUT2D eigenvalue weighted by Crippen LogP contribution is -2.43. The normalized spacial score (nSPS) is 21.1. The minimum absolute atomic E-state index is 0.343. The summed E-state index contributed by atoms with van der Waals surface area (Å²) in [6.07, 6.45) is 7.31. The number of nitrogens with zero attached hydrogens (tertiary/aromatic N) is 4. The molecule has 0 radical (unpaired) electrons. The van der Waals surface area contributed by atoms with Crippen LogP contribution in [0.4, 0.5) is 8.78 Å². The fraction of sp³-hybridized carbons (Fsp3) is 0.440. The molecule has 2 saturated heterocycles. The molecule has 1 aromatic heterocycles. The highest BCUT2D eigenvalue weighted by atomic mass is 19.3. The molecule has 0 bridgehead atoms. The maximum Gasteiger partial charge on any atom is 0.268 e. The number of carbonyl (C=O) groups excluding carboxylic acids is 2. The smallest absolute Gasteiger partial charge is 0.268 e. The van der Waals surface area contributed by atoms with E-state index >= 15 is 0 Å². The van der Waals surface area contributed by atoms with Crippen molar-refractivity contribution in [1.82, 2.24) is 20.1 Å². The second kappa shape index (κ2) is 9.85. The predicted octanol–water partition coefficient (Wildman–Crippen LogP) is 3.08. The van der Waals surface area contributed by atoms with E-state index in [-0.39, 0.29) is 0 Å². The van der Waals surface area contributed by atoms with E-state index in [1.165, 1.54) is 6.20 Å². The van der Waals surface area contributed by atoms with Crippen LogP contribution in [-0.2, 0) is 4.79 Å². The molecule has 0 aliphatic carbocycles. The van der Waals surface area contributed by atoms with Crippen molar-refractivity contribution in [2.75, 3.05) is 33.2 Å². The number of hydrogen-bond acceptors (Lipinski definition) is 5. The standard InChI is InChI=1S/C25H27F2N5O2/c1-31-10-7-17(8-11-31)2-3-18-4-5-22-21(12-18)20(6-9-29-22)24(34)30-15-23(33)32-16-25(26,27)13-19(32)14-28/h2-6,9,12,17,19H,7-8,10-11,13,15-16H2,1H3,(H,30,34). The molecule has 1 N–H and O–H groups in total. The molecule has 1 unspecified atom stereocenters. The summed E-state index contributed by atoms with van der Waals surface area (Å²) in [6, 6.07) is 7.78. The molecule has 0 saturated carbocycles. The van der Waals surface area contributed by atoms with Crippen LogP contribution in [0.25, 0.3) is 17.0 Å². The summed E-state index contributed by atoms with van der Waals surface area (Å²) in [5.74, 6) is -3.79. The van der Waals surface area contributed by atoms with Gasteiger partial charge in [0, 0.05) is 18.0 Å². The Hall–Kier alpha value is -3.38. The molecule has 4 rings (SSSR count). The number of halogens is 2. The number of alkyl halides is 2. The Balaban J connectivity index is 1.45. The highest BCUT2D eigenvalue weighted by molar-refractivity contribution is 6.07. The van der Waals surface area contributed by atoms with Crippen LogP contribution in [0.1, 0.15) is 35.2 Å². The van der Waals surface area contributed by atoms with E-state index in [1.807, 2.05) is 18.2 Å². The third-order valence-corrected chi connectivity index (χ3v) is 6.47. The number of benzene rings is 1. The number of aromatic nitrogens is 1. The van der Waals surface area contributed by atoms with Crippen LogP contribution < -0.4 is 5.32 Å². The van der Waals surface area contributed by atoms with Crippen molar-refractivity contribution in [3.63, 3.8) is 0 Å². The summed E-state index contributed by atoms with van der Waals surface area (Å²) < 4.78 is 27.2. The van der Waals surface area contributed by atoms with Crippen LogP contribution in [0.5, 0.6) is 0 Å². The van der Waals surface area contributed by atoms with Crippen LogP contribution in [0, 0.1) is 17.2 Å². The van der Waals surface area contributed by atoms with Gasteiger partial charge in [0.1, 0.15) is 6.04 Å². The molecule has 2 aliphatic rings. The average Bonchev–Trinajstić information content (AvgIpc) is 3.16. The first kappa shape index (κ1) is 23.8. The van der Waals surface area contributed by atoms with Crippen molar-refractivity contribution >= 4 is 28.8 Å². The molecular weight excluding hydrogens is 440 g/mol. The number of rotatable bonds is 5. The van der Waals surface area contributed by atoms with Gasteiger partial charge < -0.3 is 15.1 Å². The van der Waals surface area contributed by atoms with Gasteiger partial charge in [0.15, 0.2) is 0 Å². The highest BCUT2D eigenvalue weighted by Crippen LogP contribution is 2.31. The van der Waals surface area contributed by atoms with Gasteiger partial charge in [0.05, 0.1) is 30.2 Å². The predicted molar refractivity (Wildman–Crippen MR) is 124 cm³/mol. The summed E-state index contributed by atoms with van der Waals surface area (Å²) in [5, 5.41) is 12.2. The van der Waals surface area contributed by atoms with Crippen LogP contribution in [-0.4, -0.2) is 71.8 Å². The minimum atomic E-state index is -3.10. The molecule has 2 fully saturated rings. The SMILES string of the molecule is CN1CCC(C=Cc2ccc3nccc(C(=O)NCC(=O)N4CC(F)(F)CC4C#N)c3c2)CC1. The maximum absolute atomic E-state index is 13.6. The van der Waals surface area contributed by atoms with Gasteiger partial charge in [-0.3, -0.25) is 14.6 Å². The molecule has 34 heavy (non-hydrogen) atoms. The van der Waals surface area contributed by atoms with E-state index in [0.717, 1.165) is 36.4 Å². The van der Waals surface area contributed by atoms with Crippen molar-refractivity contribution in [2.24, 2.45) is 5.92 Å². The van der Waals surface area contributed by atoms with Gasteiger partial charge in [-0.25, -0.2) is 8.78 Å². The summed E-state index contributed by atoms with van der Waals surface area (Å²) >= 11 is 0. The zero-order chi connectivity index (χ0) is 24.3. The Morgan fingerprint density at radius 2 is 2.06 bits per heavy atom. The van der Waals surface area contributed by atoms with Crippen LogP contribution >= 0.6 is 0 Å². The van der Waals surface area contributed by atoms with Crippen molar-refractivity contribution < 1.29 is 18.4 Å². The molecule has 2 aliphatic heterocycles. The van der Waals surface area contributed by atoms with Gasteiger partial charge in [0.25, 0.3) is 11.8 Å². The summed E-state index contributed by atoms with van der Waals surface area (Å²) in [4.78, 5) is 32.7. The second-order valence-electron chi connectivity index (χ2n) is 9.04. The average molecular weight is 468 g/mol. The Morgan fingerprint density at radius 1 is 1.29 bits per heavy atom. The Kier molecular flexibility index (Phi) is 6.89. The van der Waals surface area contributed by atoms with E-state index in [0.29, 0.717) is 22.4 Å². The number of piperidine rings is 1. The van der Waals surface area contributed by atoms with Crippen LogP contribution in [0.15, 0.2) is 36.5 Å². The molecule has 0 spiro atoms. The van der Waals surface area contributed by atoms with Gasteiger partial charge in [-0.05, 0) is 62.7 Å². The quantitative estimate of drug-likeness (QED) is 0.730. The van der Waals surface area contributed by atoms with Gasteiger partial charge in [-0.2, -0.15) is 5.26 Å². The number of hydrogen-bond donors (Lipinski definition) is 1. The molecular formula is C25H27F2N5O2. The third kappa shape index (κ3) is 5.39. The zero-order valence-electron chi connectivity index (χ0n) is 19.0. The van der Waals surface area contributed by atoms with Gasteiger partial charge in [-0.1, -0.05) is 18.2 Å². The molecule has 3 heterocycles. The lowest BCUT2D eigenvalue weighted by molar-refractivity contribution is -0.131. The second-order valence-corrected chi connectivity index (χ2v) is 9.04. The molecule has 2 amide bonds. The fourth-order valence-corrected chi connectivity index (χ4v) is 4.48. The molecule has 9 heteroatoms. The van der Waals surface area contributed by atoms with Gasteiger partial charge in [0.2, 0.25) is 5.91 Å². The van der Waals surface area contributed by atoms with E-state index in [9.17, 15) is 18.4 Å². The fourth-order valence-electron chi connectivity index (χ4n) is 4.48. The molecule has 2 aromatic rings. The first-order valence-corrected chi connectivity index (χ1v) is 11.4. The third-order valence-electron chi connectivity index (χ3n) is 6.47. The number of nitrogens with one attached hydrogen (secondary N) is 1. The summed E-state index contributed by atoms with van der Waals surface area (Å²) in [5.41, 5.74) is 1.93. The number of nitriles is 1. The molecule has 7 nitrogen and oxygen atoms in total. The molecule has 1 atom stereocenters. The Morgan fingerprint density at radius 3 is 2.79 bits per heavy atom. The lowest BCUT2D eigenvalue weighted by atomic mass is 9.95. The Bertz CT molecular complexity index is 1150. The lowest BCUT2D eigenvalue weighted by Gasteiger charge is -2.26. The van der Waals surface area contributed by atoms with Crippen LogP contribution in [0.3, 0.4) is 0 Å². The van der Waals surface area contributed by atoms with Crippen molar-refractivity contribution in [3.05, 3.63) is 47.7 Å². The number of pyridine rings is 1. The Labute approximate surface area is 197 Å². The topological polar surface area (TPSA) is 89.3 Å². The van der Waals surface area contributed by atoms with E-state index in [4.69, 9.17) is 5.26 Å². The van der Waals surface area contributed by atoms with E-state index in [2.05, 4.69) is 34.4 Å². The van der Waals surface area contributed by atoms with Gasteiger partial charge >= 0.3 is 0 Å². The number of carbonyl (C=O) groups is 2. The maximum atomic E-state index is 13.6. The van der Waals surface area contributed by atoms with Crippen molar-refractivity contribution in [1.29, 1.82) is 5.26 Å². The molecule has 178 valence electrons. The van der Waals surface area contributed by atoms with E-state index < -0.39 is 43.3 Å². The first-order valence-electron chi connectivity index (χ1n) is 11.4. The number of fused-ring (bicyclic) bond motifs is 1. The minimum Gasteiger partial charge on any atom is -0.343 e. The van der Waals surface area contributed by atoms with Crippen molar-refractivity contribution in [2.45, 2.75) is 31.2 Å². The monoisotopic (exact) mass is 467 g/mol. The van der Waals surface area contributed by atoms with Gasteiger partial charge in [-0.15, -0.1) is 0 Å². The summed E-state index contributed by atoms with van der Waals surface area (Å²) in [7, 11) is 2.12. The number of likely N-dealkylation sites (tertiary alicyclic amines) is 2.